The summed E-state index contributed by atoms with van der Waals surface area (Å²) in [7, 11) is 0. The van der Waals surface area contributed by atoms with E-state index in [1.165, 1.54) is 11.9 Å². The average molecular weight is 766 g/mol. The number of hydrogen-bond acceptors (Lipinski definition) is 7. The molecule has 1 aromatic rings. The van der Waals surface area contributed by atoms with Gasteiger partial charge in [0.2, 0.25) is 5.82 Å². The van der Waals surface area contributed by atoms with Crippen molar-refractivity contribution in [2.45, 2.75) is 159 Å². The Bertz CT molecular complexity index is 1620. The van der Waals surface area contributed by atoms with Crippen LogP contribution in [0, 0.1) is 62.6 Å². The van der Waals surface area contributed by atoms with E-state index in [9.17, 15) is 14.7 Å². The Hall–Kier alpha value is -2.30. The molecular weight excluding hydrogens is 691 g/mol. The number of nitrogens with one attached hydrogen (secondary N) is 2. The maximum atomic E-state index is 13.7. The summed E-state index contributed by atoms with van der Waals surface area (Å²) in [6.45, 7) is 31.7. The first kappa shape index (κ1) is 42.3. The Morgan fingerprint density at radius 3 is 2.38 bits per heavy atom. The van der Waals surface area contributed by atoms with E-state index >= 15 is 0 Å². The molecular formula is C45H75N5O5. The predicted molar refractivity (Wildman–Crippen MR) is 217 cm³/mol. The topological polar surface area (TPSA) is 128 Å². The van der Waals surface area contributed by atoms with Crippen molar-refractivity contribution in [3.63, 3.8) is 0 Å². The summed E-state index contributed by atoms with van der Waals surface area (Å²) in [6.07, 6.45) is 10.2. The van der Waals surface area contributed by atoms with Crippen molar-refractivity contribution < 1.29 is 24.2 Å². The van der Waals surface area contributed by atoms with E-state index < -0.39 is 17.3 Å². The second-order valence-corrected chi connectivity index (χ2v) is 21.0. The molecule has 3 N–H and O–H groups in total. The lowest BCUT2D eigenvalue weighted by atomic mass is 9.34. The van der Waals surface area contributed by atoms with Gasteiger partial charge in [-0.15, -0.1) is 0 Å². The summed E-state index contributed by atoms with van der Waals surface area (Å²) in [5, 5.41) is 22.9. The highest BCUT2D eigenvalue weighted by atomic mass is 16.5. The van der Waals surface area contributed by atoms with Gasteiger partial charge in [-0.1, -0.05) is 80.9 Å². The lowest BCUT2D eigenvalue weighted by Gasteiger charge is -2.71. The van der Waals surface area contributed by atoms with Gasteiger partial charge in [-0.05, 0) is 118 Å². The summed E-state index contributed by atoms with van der Waals surface area (Å²) < 4.78 is 16.0. The van der Waals surface area contributed by atoms with Crippen LogP contribution in [0.15, 0.2) is 18.0 Å². The number of carboxylic acid groups (broad SMARTS) is 1. The van der Waals surface area contributed by atoms with Crippen LogP contribution >= 0.6 is 0 Å². The third-order valence-electron chi connectivity index (χ3n) is 17.2. The summed E-state index contributed by atoms with van der Waals surface area (Å²) in [5.74, 6) is 0.591. The molecule has 55 heavy (non-hydrogen) atoms. The number of aromatic nitrogens is 3. The van der Waals surface area contributed by atoms with Crippen molar-refractivity contribution in [3.8, 4) is 0 Å². The highest BCUT2D eigenvalue weighted by Gasteiger charge is 2.72. The number of carbonyl (C=O) groups excluding carboxylic acids is 1. The van der Waals surface area contributed by atoms with Crippen molar-refractivity contribution in [2.24, 2.45) is 62.6 Å². The molecule has 310 valence electrons. The quantitative estimate of drug-likeness (QED) is 0.171. The molecule has 0 radical (unpaired) electrons. The van der Waals surface area contributed by atoms with Crippen LogP contribution in [0.4, 0.5) is 0 Å². The van der Waals surface area contributed by atoms with Gasteiger partial charge in [-0.2, -0.15) is 5.10 Å². The van der Waals surface area contributed by atoms with Crippen LogP contribution in [0.25, 0.3) is 0 Å². The minimum atomic E-state index is -0.640. The molecule has 0 aromatic carbocycles. The maximum Gasteiger partial charge on any atom is 0.307 e. The predicted octanol–water partition coefficient (Wildman–Crippen LogP) is 8.35. The van der Waals surface area contributed by atoms with Gasteiger partial charge in [-0.3, -0.25) is 9.59 Å². The van der Waals surface area contributed by atoms with Crippen molar-refractivity contribution in [1.82, 2.24) is 25.4 Å². The standard InChI is InChI=1S/C45H75N5O5/c1-14-21-47-44(13,28(4)5)24-55-36-33(50-37(46-26-48-50)38(51)49-29(6)7)22-45-25-54-23-41(36,10)34(45)16-15-31-32(45)17-18-43(12)35(39(52)53)40(9,30(8)27(2)3)19-20-42(31,43)11/h17,26-31,33-36,47H,14-16,18-25H2,1-13H3,(H,49,51)(H,52,53)/t30-,31+,33-,34+,35-,36+,40-,41+,42-,43+,44+,45?/m1/s1. The number of aliphatic carboxylic acids is 1. The van der Waals surface area contributed by atoms with E-state index in [2.05, 4.69) is 97.9 Å². The second-order valence-electron chi connectivity index (χ2n) is 21.0. The fourth-order valence-corrected chi connectivity index (χ4v) is 13.2. The van der Waals surface area contributed by atoms with Crippen molar-refractivity contribution in [1.29, 1.82) is 0 Å². The number of allylic oxidation sites excluding steroid dienone is 1. The fraction of sp³-hybridized carbons (Fsp3) is 0.867. The minimum Gasteiger partial charge on any atom is -0.481 e. The van der Waals surface area contributed by atoms with Crippen LogP contribution < -0.4 is 10.6 Å². The molecule has 2 heterocycles. The van der Waals surface area contributed by atoms with E-state index in [0.29, 0.717) is 43.4 Å². The zero-order valence-corrected chi connectivity index (χ0v) is 36.6. The van der Waals surface area contributed by atoms with Crippen LogP contribution in [0.3, 0.4) is 0 Å². The molecule has 1 amide bonds. The molecule has 1 aliphatic heterocycles. The smallest absolute Gasteiger partial charge is 0.307 e. The number of rotatable bonds is 13. The third kappa shape index (κ3) is 6.45. The first-order chi connectivity index (χ1) is 25.7. The Labute approximate surface area is 332 Å². The summed E-state index contributed by atoms with van der Waals surface area (Å²) in [5.41, 5.74) is -0.317. The molecule has 12 atom stereocenters. The van der Waals surface area contributed by atoms with Gasteiger partial charge in [0.25, 0.3) is 5.91 Å². The maximum absolute atomic E-state index is 13.7. The van der Waals surface area contributed by atoms with Gasteiger partial charge in [0.1, 0.15) is 6.33 Å². The highest BCUT2D eigenvalue weighted by Crippen LogP contribution is 2.75. The molecule has 3 saturated carbocycles. The fourth-order valence-electron chi connectivity index (χ4n) is 13.2. The van der Waals surface area contributed by atoms with Gasteiger partial charge in [0.15, 0.2) is 0 Å². The van der Waals surface area contributed by atoms with Crippen LogP contribution in [0.2, 0.25) is 0 Å². The number of nitrogens with zero attached hydrogens (tertiary/aromatic N) is 3. The normalized spacial score (nSPS) is 40.1. The van der Waals surface area contributed by atoms with Crippen molar-refractivity contribution >= 4 is 11.9 Å². The summed E-state index contributed by atoms with van der Waals surface area (Å²) in [4.78, 5) is 31.9. The first-order valence-corrected chi connectivity index (χ1v) is 21.7. The number of hydrogen-bond donors (Lipinski definition) is 3. The van der Waals surface area contributed by atoms with Gasteiger partial charge in [0.05, 0.1) is 37.9 Å². The van der Waals surface area contributed by atoms with E-state index in [1.807, 2.05) is 18.5 Å². The second kappa shape index (κ2) is 14.8. The molecule has 1 saturated heterocycles. The Morgan fingerprint density at radius 1 is 1.05 bits per heavy atom. The molecule has 4 aliphatic carbocycles. The zero-order chi connectivity index (χ0) is 40.5. The summed E-state index contributed by atoms with van der Waals surface area (Å²) in [6, 6.07) is -0.296. The van der Waals surface area contributed by atoms with Crippen LogP contribution in [0.5, 0.6) is 0 Å². The highest BCUT2D eigenvalue weighted by molar-refractivity contribution is 5.90. The van der Waals surface area contributed by atoms with Gasteiger partial charge >= 0.3 is 5.97 Å². The number of amides is 1. The molecule has 6 rings (SSSR count). The monoisotopic (exact) mass is 766 g/mol. The van der Waals surface area contributed by atoms with Crippen LogP contribution in [-0.2, 0) is 14.3 Å². The molecule has 0 spiro atoms. The lowest BCUT2D eigenvalue weighted by Crippen LogP contribution is -2.69. The van der Waals surface area contributed by atoms with E-state index in [1.54, 1.807) is 0 Å². The number of carboxylic acids is 1. The van der Waals surface area contributed by atoms with Crippen LogP contribution in [-0.4, -0.2) is 75.8 Å². The Morgan fingerprint density at radius 2 is 1.76 bits per heavy atom. The third-order valence-corrected chi connectivity index (χ3v) is 17.2. The lowest BCUT2D eigenvalue weighted by molar-refractivity contribution is -0.253. The van der Waals surface area contributed by atoms with Gasteiger partial charge in [-0.25, -0.2) is 9.67 Å². The van der Waals surface area contributed by atoms with Crippen molar-refractivity contribution in [3.05, 3.63) is 23.8 Å². The molecule has 2 bridgehead atoms. The molecule has 1 aromatic heterocycles. The van der Waals surface area contributed by atoms with Crippen molar-refractivity contribution in [2.75, 3.05) is 26.4 Å². The minimum absolute atomic E-state index is 0.0437. The van der Waals surface area contributed by atoms with E-state index in [4.69, 9.17) is 14.6 Å². The zero-order valence-electron chi connectivity index (χ0n) is 36.6. The Kier molecular flexibility index (Phi) is 11.4. The van der Waals surface area contributed by atoms with Gasteiger partial charge < -0.3 is 25.2 Å². The molecule has 4 fully saturated rings. The number of fused-ring (bicyclic) bond motifs is 3. The molecule has 10 heteroatoms. The average Bonchev–Trinajstić information content (AvgIpc) is 3.60. The number of ether oxygens (including phenoxy) is 2. The molecule has 1 unspecified atom stereocenters. The number of carbonyl (C=O) groups is 2. The summed E-state index contributed by atoms with van der Waals surface area (Å²) >= 11 is 0. The first-order valence-electron chi connectivity index (χ1n) is 21.7. The molecule has 10 nitrogen and oxygen atoms in total. The van der Waals surface area contributed by atoms with Crippen LogP contribution in [0.1, 0.15) is 152 Å². The largest absolute Gasteiger partial charge is 0.481 e. The molecule has 5 aliphatic rings. The van der Waals surface area contributed by atoms with Gasteiger partial charge in [0, 0.05) is 22.4 Å². The SMILES string of the molecule is CCCN[C@@](C)(CO[C@H]1[C@H](n2ncnc2C(=O)NC(C)C)CC23COC[C@@]1(C)[C@@H]2CC[C@H]1C3=CC[C@@]2(C)[C@H](C(=O)O)[C@@](C)([C@H](C)C(C)C)CC[C@]12C)C(C)C. The van der Waals surface area contributed by atoms with E-state index in [0.717, 1.165) is 51.5 Å². The Balaban J connectivity index is 1.47. The van der Waals surface area contributed by atoms with E-state index in [-0.39, 0.29) is 63.1 Å².